The minimum Gasteiger partial charge on any atom is -0.399 e. The summed E-state index contributed by atoms with van der Waals surface area (Å²) in [6.45, 7) is 0. The van der Waals surface area contributed by atoms with Crippen molar-refractivity contribution < 1.29 is 4.79 Å². The molecular weight excluding hydrogens is 224 g/mol. The molecule has 2 aliphatic rings. The molecule has 2 aliphatic carbocycles. The van der Waals surface area contributed by atoms with Gasteiger partial charge in [-0.3, -0.25) is 4.79 Å². The molecule has 0 spiro atoms. The van der Waals surface area contributed by atoms with Gasteiger partial charge in [0, 0.05) is 17.3 Å². The van der Waals surface area contributed by atoms with E-state index in [-0.39, 0.29) is 5.91 Å². The average molecular weight is 244 g/mol. The van der Waals surface area contributed by atoms with Crippen LogP contribution in [0.4, 0.5) is 5.69 Å². The monoisotopic (exact) mass is 244 g/mol. The van der Waals surface area contributed by atoms with Gasteiger partial charge in [0.25, 0.3) is 5.91 Å². The Labute approximate surface area is 108 Å². The fourth-order valence-electron chi connectivity index (χ4n) is 2.85. The third kappa shape index (κ3) is 2.35. The van der Waals surface area contributed by atoms with Crippen LogP contribution in [-0.4, -0.2) is 11.9 Å². The number of benzene rings is 1. The summed E-state index contributed by atoms with van der Waals surface area (Å²) in [7, 11) is 0. The first-order chi connectivity index (χ1) is 8.74. The van der Waals surface area contributed by atoms with Crippen molar-refractivity contribution in [3.8, 4) is 0 Å². The van der Waals surface area contributed by atoms with Crippen molar-refractivity contribution in [1.82, 2.24) is 5.32 Å². The summed E-state index contributed by atoms with van der Waals surface area (Å²) in [4.78, 5) is 12.3. The molecule has 96 valence electrons. The molecule has 0 heterocycles. The van der Waals surface area contributed by atoms with Gasteiger partial charge in [0.15, 0.2) is 0 Å². The van der Waals surface area contributed by atoms with Crippen LogP contribution >= 0.6 is 0 Å². The Hall–Kier alpha value is -1.51. The number of carbonyl (C=O) groups is 1. The van der Waals surface area contributed by atoms with Gasteiger partial charge in [0.1, 0.15) is 0 Å². The number of nitrogens with one attached hydrogen (secondary N) is 1. The molecule has 2 fully saturated rings. The summed E-state index contributed by atoms with van der Waals surface area (Å²) in [5.41, 5.74) is 8.56. The lowest BCUT2D eigenvalue weighted by atomic mass is 10.0. The molecule has 3 heteroatoms. The van der Waals surface area contributed by atoms with Crippen LogP contribution in [0.1, 0.15) is 60.4 Å². The third-order valence-electron chi connectivity index (χ3n) is 4.03. The molecule has 0 radical (unpaired) electrons. The first kappa shape index (κ1) is 11.6. The van der Waals surface area contributed by atoms with E-state index in [0.717, 1.165) is 29.7 Å². The van der Waals surface area contributed by atoms with Crippen molar-refractivity contribution in [2.24, 2.45) is 0 Å². The molecule has 3 N–H and O–H groups in total. The maximum absolute atomic E-state index is 12.3. The van der Waals surface area contributed by atoms with Crippen LogP contribution in [0.15, 0.2) is 18.2 Å². The van der Waals surface area contributed by atoms with Crippen molar-refractivity contribution in [1.29, 1.82) is 0 Å². The van der Waals surface area contributed by atoms with Gasteiger partial charge in [0.2, 0.25) is 0 Å². The van der Waals surface area contributed by atoms with Gasteiger partial charge in [0.05, 0.1) is 0 Å². The summed E-state index contributed by atoms with van der Waals surface area (Å²) in [6.07, 6.45) is 7.10. The van der Waals surface area contributed by atoms with Gasteiger partial charge < -0.3 is 11.1 Å². The molecule has 0 unspecified atom stereocenters. The van der Waals surface area contributed by atoms with E-state index in [9.17, 15) is 4.79 Å². The van der Waals surface area contributed by atoms with Crippen LogP contribution in [0.5, 0.6) is 0 Å². The van der Waals surface area contributed by atoms with Crippen molar-refractivity contribution in [3.05, 3.63) is 29.3 Å². The standard InChI is InChI=1S/C15H20N2O/c16-11-7-8-13(14(9-11)10-5-6-10)15(18)17-12-3-1-2-4-12/h7-10,12H,1-6,16H2,(H,17,18). The number of hydrogen-bond donors (Lipinski definition) is 2. The molecule has 0 aromatic heterocycles. The van der Waals surface area contributed by atoms with Crippen molar-refractivity contribution in [3.63, 3.8) is 0 Å². The van der Waals surface area contributed by atoms with Crippen molar-refractivity contribution in [2.75, 3.05) is 5.73 Å². The summed E-state index contributed by atoms with van der Waals surface area (Å²) < 4.78 is 0. The summed E-state index contributed by atoms with van der Waals surface area (Å²) in [5.74, 6) is 0.640. The average Bonchev–Trinajstić information content (AvgIpc) is 3.08. The van der Waals surface area contributed by atoms with E-state index in [2.05, 4.69) is 5.32 Å². The molecule has 1 aromatic carbocycles. The first-order valence-corrected chi connectivity index (χ1v) is 6.94. The highest BCUT2D eigenvalue weighted by atomic mass is 16.1. The molecule has 3 nitrogen and oxygen atoms in total. The fraction of sp³-hybridized carbons (Fsp3) is 0.533. The second-order valence-electron chi connectivity index (χ2n) is 5.58. The molecule has 3 rings (SSSR count). The molecule has 0 atom stereocenters. The lowest BCUT2D eigenvalue weighted by Crippen LogP contribution is -2.33. The largest absolute Gasteiger partial charge is 0.399 e. The highest BCUT2D eigenvalue weighted by Crippen LogP contribution is 2.42. The predicted octanol–water partition coefficient (Wildman–Crippen LogP) is 2.82. The Balaban J connectivity index is 1.79. The smallest absolute Gasteiger partial charge is 0.251 e. The lowest BCUT2D eigenvalue weighted by molar-refractivity contribution is 0.0937. The van der Waals surface area contributed by atoms with Gasteiger partial charge in [-0.25, -0.2) is 0 Å². The van der Waals surface area contributed by atoms with Gasteiger partial charge in [-0.15, -0.1) is 0 Å². The van der Waals surface area contributed by atoms with Crippen LogP contribution in [0, 0.1) is 0 Å². The minimum atomic E-state index is 0.0869. The maximum Gasteiger partial charge on any atom is 0.251 e. The first-order valence-electron chi connectivity index (χ1n) is 6.94. The van der Waals surface area contributed by atoms with Crippen LogP contribution in [0.25, 0.3) is 0 Å². The van der Waals surface area contributed by atoms with Gasteiger partial charge in [-0.1, -0.05) is 12.8 Å². The van der Waals surface area contributed by atoms with Gasteiger partial charge in [-0.2, -0.15) is 0 Å². The third-order valence-corrected chi connectivity index (χ3v) is 4.03. The Kier molecular flexibility index (Phi) is 2.98. The van der Waals surface area contributed by atoms with Crippen LogP contribution in [0.3, 0.4) is 0 Å². The van der Waals surface area contributed by atoms with E-state index < -0.39 is 0 Å². The Bertz CT molecular complexity index is 460. The summed E-state index contributed by atoms with van der Waals surface area (Å²) >= 11 is 0. The zero-order valence-corrected chi connectivity index (χ0v) is 10.6. The number of nitrogens with two attached hydrogens (primary N) is 1. The SMILES string of the molecule is Nc1ccc(C(=O)NC2CCCC2)c(C2CC2)c1. The fourth-order valence-corrected chi connectivity index (χ4v) is 2.85. The molecule has 0 aliphatic heterocycles. The molecular formula is C15H20N2O. The highest BCUT2D eigenvalue weighted by Gasteiger charge is 2.29. The zero-order valence-electron chi connectivity index (χ0n) is 10.6. The van der Waals surface area contributed by atoms with E-state index in [0.29, 0.717) is 12.0 Å². The molecule has 1 amide bonds. The van der Waals surface area contributed by atoms with E-state index in [1.54, 1.807) is 0 Å². The Morgan fingerprint density at radius 3 is 2.56 bits per heavy atom. The van der Waals surface area contributed by atoms with Gasteiger partial charge >= 0.3 is 0 Å². The van der Waals surface area contributed by atoms with Crippen LogP contribution < -0.4 is 11.1 Å². The highest BCUT2D eigenvalue weighted by molar-refractivity contribution is 5.96. The number of carbonyl (C=O) groups excluding carboxylic acids is 1. The minimum absolute atomic E-state index is 0.0869. The molecule has 1 aromatic rings. The molecule has 0 bridgehead atoms. The number of amides is 1. The number of rotatable bonds is 3. The summed E-state index contributed by atoms with van der Waals surface area (Å²) in [6, 6.07) is 6.06. The Morgan fingerprint density at radius 1 is 1.17 bits per heavy atom. The van der Waals surface area contributed by atoms with Crippen molar-refractivity contribution >= 4 is 11.6 Å². The van der Waals surface area contributed by atoms with E-state index in [1.807, 2.05) is 18.2 Å². The van der Waals surface area contributed by atoms with E-state index >= 15 is 0 Å². The lowest BCUT2D eigenvalue weighted by Gasteiger charge is -2.14. The quantitative estimate of drug-likeness (QED) is 0.803. The number of nitrogen functional groups attached to an aromatic ring is 1. The zero-order chi connectivity index (χ0) is 12.5. The summed E-state index contributed by atoms with van der Waals surface area (Å²) in [5, 5.41) is 3.16. The molecule has 0 saturated heterocycles. The normalized spacial score (nSPS) is 20.0. The van der Waals surface area contributed by atoms with E-state index in [4.69, 9.17) is 5.73 Å². The topological polar surface area (TPSA) is 55.1 Å². The van der Waals surface area contributed by atoms with Gasteiger partial charge in [-0.05, 0) is 55.4 Å². The van der Waals surface area contributed by atoms with E-state index in [1.165, 1.54) is 25.7 Å². The maximum atomic E-state index is 12.3. The molecule has 2 saturated carbocycles. The Morgan fingerprint density at radius 2 is 1.89 bits per heavy atom. The van der Waals surface area contributed by atoms with Crippen molar-refractivity contribution in [2.45, 2.75) is 50.5 Å². The predicted molar refractivity (Wildman–Crippen MR) is 72.6 cm³/mol. The second-order valence-corrected chi connectivity index (χ2v) is 5.58. The number of hydrogen-bond acceptors (Lipinski definition) is 2. The number of anilines is 1. The van der Waals surface area contributed by atoms with Crippen LogP contribution in [0.2, 0.25) is 0 Å². The second kappa shape index (κ2) is 4.63. The molecule has 18 heavy (non-hydrogen) atoms. The van der Waals surface area contributed by atoms with Crippen LogP contribution in [-0.2, 0) is 0 Å².